The Morgan fingerprint density at radius 3 is 2.22 bits per heavy atom. The second-order valence-electron chi connectivity index (χ2n) is 6.94. The van der Waals surface area contributed by atoms with Gasteiger partial charge in [-0.1, -0.05) is 18.2 Å². The predicted octanol–water partition coefficient (Wildman–Crippen LogP) is 2.15. The molecule has 5 aliphatic rings. The smallest absolute Gasteiger partial charge is 0.271 e. The third-order valence-electron chi connectivity index (χ3n) is 5.96. The molecular weight excluding hydrogens is 296 g/mol. The van der Waals surface area contributed by atoms with Gasteiger partial charge in [-0.05, 0) is 36.2 Å². The lowest BCUT2D eigenvalue weighted by Crippen LogP contribution is -2.40. The van der Waals surface area contributed by atoms with Crippen LogP contribution < -0.4 is 4.90 Å². The Bertz CT molecular complexity index is 766. The van der Waals surface area contributed by atoms with Crippen molar-refractivity contribution in [2.75, 3.05) is 4.90 Å². The molecule has 1 saturated heterocycles. The summed E-state index contributed by atoms with van der Waals surface area (Å²) < 4.78 is 0. The van der Waals surface area contributed by atoms with Crippen molar-refractivity contribution in [2.45, 2.75) is 6.42 Å². The Balaban J connectivity index is 1.57. The van der Waals surface area contributed by atoms with Crippen LogP contribution in [0.5, 0.6) is 0 Å². The molecule has 1 aromatic rings. The molecule has 23 heavy (non-hydrogen) atoms. The number of imide groups is 1. The molecule has 6 heteroatoms. The minimum atomic E-state index is -0.512. The molecule has 0 unspecified atom stereocenters. The minimum absolute atomic E-state index is 0.109. The normalized spacial score (nSPS) is 39.4. The summed E-state index contributed by atoms with van der Waals surface area (Å²) in [6.45, 7) is 0. The molecule has 2 bridgehead atoms. The number of carbonyl (C=O) groups is 2. The van der Waals surface area contributed by atoms with E-state index in [1.165, 1.54) is 23.1 Å². The number of benzene rings is 1. The van der Waals surface area contributed by atoms with Crippen LogP contribution in [0.4, 0.5) is 11.4 Å². The van der Waals surface area contributed by atoms with E-state index in [0.717, 1.165) is 6.42 Å². The van der Waals surface area contributed by atoms with Gasteiger partial charge < -0.3 is 0 Å². The molecule has 2 saturated carbocycles. The monoisotopic (exact) mass is 310 g/mol. The van der Waals surface area contributed by atoms with Crippen molar-refractivity contribution < 1.29 is 14.5 Å². The number of hydrogen-bond donors (Lipinski definition) is 0. The lowest BCUT2D eigenvalue weighted by molar-refractivity contribution is -0.384. The maximum atomic E-state index is 12.9. The summed E-state index contributed by atoms with van der Waals surface area (Å²) in [4.78, 5) is 37.4. The molecule has 0 aromatic heterocycles. The van der Waals surface area contributed by atoms with Gasteiger partial charge in [-0.15, -0.1) is 0 Å². The highest BCUT2D eigenvalue weighted by atomic mass is 16.6. The molecule has 116 valence electrons. The van der Waals surface area contributed by atoms with Crippen molar-refractivity contribution in [3.8, 4) is 0 Å². The van der Waals surface area contributed by atoms with Crippen LogP contribution in [0.2, 0.25) is 0 Å². The highest BCUT2D eigenvalue weighted by Gasteiger charge is 2.67. The molecule has 1 aliphatic heterocycles. The molecule has 6 nitrogen and oxygen atoms in total. The van der Waals surface area contributed by atoms with Gasteiger partial charge >= 0.3 is 0 Å². The van der Waals surface area contributed by atoms with Crippen LogP contribution in [-0.2, 0) is 9.59 Å². The number of carbonyl (C=O) groups excluding carboxylic acids is 2. The van der Waals surface area contributed by atoms with Gasteiger partial charge in [0.2, 0.25) is 11.8 Å². The fourth-order valence-corrected chi connectivity index (χ4v) is 4.96. The molecule has 1 heterocycles. The molecule has 0 spiro atoms. The predicted molar refractivity (Wildman–Crippen MR) is 80.3 cm³/mol. The quantitative estimate of drug-likeness (QED) is 0.363. The van der Waals surface area contributed by atoms with Crippen molar-refractivity contribution in [3.05, 3.63) is 46.5 Å². The van der Waals surface area contributed by atoms with E-state index in [0.29, 0.717) is 17.5 Å². The third kappa shape index (κ3) is 1.53. The van der Waals surface area contributed by atoms with Crippen molar-refractivity contribution in [1.29, 1.82) is 0 Å². The van der Waals surface area contributed by atoms with E-state index in [2.05, 4.69) is 12.2 Å². The van der Waals surface area contributed by atoms with E-state index >= 15 is 0 Å². The molecule has 4 aliphatic carbocycles. The van der Waals surface area contributed by atoms with E-state index in [1.54, 1.807) is 6.07 Å². The molecular formula is C17H14N2O4. The Kier molecular flexibility index (Phi) is 2.30. The summed E-state index contributed by atoms with van der Waals surface area (Å²) in [6, 6.07) is 5.78. The summed E-state index contributed by atoms with van der Waals surface area (Å²) in [6.07, 6.45) is 5.34. The zero-order valence-electron chi connectivity index (χ0n) is 12.2. The highest BCUT2D eigenvalue weighted by molar-refractivity contribution is 6.22. The Labute approximate surface area is 131 Å². The van der Waals surface area contributed by atoms with Crippen LogP contribution in [0.25, 0.3) is 0 Å². The summed E-state index contributed by atoms with van der Waals surface area (Å²) in [5.74, 6) is 0.489. The van der Waals surface area contributed by atoms with Gasteiger partial charge in [-0.3, -0.25) is 19.7 Å². The second kappa shape index (κ2) is 4.07. The van der Waals surface area contributed by atoms with Gasteiger partial charge in [0, 0.05) is 12.1 Å². The maximum Gasteiger partial charge on any atom is 0.271 e. The van der Waals surface area contributed by atoms with E-state index in [-0.39, 0.29) is 41.2 Å². The summed E-state index contributed by atoms with van der Waals surface area (Å²) in [7, 11) is 0. The Morgan fingerprint density at radius 2 is 1.65 bits per heavy atom. The number of nitrogens with zero attached hydrogens (tertiary/aromatic N) is 2. The van der Waals surface area contributed by atoms with Gasteiger partial charge in [0.05, 0.1) is 22.4 Å². The number of nitro groups is 1. The van der Waals surface area contributed by atoms with Crippen LogP contribution in [-0.4, -0.2) is 16.7 Å². The molecule has 6 atom stereocenters. The Morgan fingerprint density at radius 1 is 1.04 bits per heavy atom. The number of nitro benzene ring substituents is 1. The third-order valence-corrected chi connectivity index (χ3v) is 5.96. The van der Waals surface area contributed by atoms with Gasteiger partial charge in [-0.25, -0.2) is 4.90 Å². The molecule has 0 N–H and O–H groups in total. The summed E-state index contributed by atoms with van der Waals surface area (Å²) in [5.41, 5.74) is 0.207. The van der Waals surface area contributed by atoms with Crippen molar-refractivity contribution >= 4 is 23.2 Å². The number of hydrogen-bond acceptors (Lipinski definition) is 4. The van der Waals surface area contributed by atoms with Crippen LogP contribution in [0, 0.1) is 45.6 Å². The van der Waals surface area contributed by atoms with Gasteiger partial charge in [0.15, 0.2) is 0 Å². The van der Waals surface area contributed by atoms with Crippen molar-refractivity contribution in [3.63, 3.8) is 0 Å². The van der Waals surface area contributed by atoms with E-state index < -0.39 is 4.92 Å². The fourth-order valence-electron chi connectivity index (χ4n) is 4.96. The van der Waals surface area contributed by atoms with Crippen molar-refractivity contribution in [1.82, 2.24) is 0 Å². The SMILES string of the molecule is O=C1[C@@H]2[C@H]3C=C[C@@H]([C@@H]4C[C@H]34)[C@H]2C(=O)N1c1cccc([N+](=O)[O-])c1. The fraction of sp³-hybridized carbons (Fsp3) is 0.412. The standard InChI is InChI=1S/C17H14N2O4/c20-16-14-10-4-5-11(13-7-12(10)13)15(14)17(21)18(16)8-2-1-3-9(6-8)19(22)23/h1-6,10-15H,7H2/t10-,11-,12-,13+,14+,15+/m0/s1. The molecule has 3 fully saturated rings. The van der Waals surface area contributed by atoms with E-state index in [1.807, 2.05) is 0 Å². The van der Waals surface area contributed by atoms with Crippen LogP contribution in [0.3, 0.4) is 0 Å². The number of anilines is 1. The topological polar surface area (TPSA) is 80.5 Å². The molecule has 1 aromatic carbocycles. The maximum absolute atomic E-state index is 12.9. The largest absolute Gasteiger partial charge is 0.274 e. The van der Waals surface area contributed by atoms with Gasteiger partial charge in [-0.2, -0.15) is 0 Å². The average molecular weight is 310 g/mol. The molecule has 6 rings (SSSR count). The highest BCUT2D eigenvalue weighted by Crippen LogP contribution is 2.65. The first-order valence-corrected chi connectivity index (χ1v) is 7.88. The minimum Gasteiger partial charge on any atom is -0.274 e. The molecule has 2 amide bonds. The van der Waals surface area contributed by atoms with Crippen LogP contribution >= 0.6 is 0 Å². The first-order valence-electron chi connectivity index (χ1n) is 7.88. The van der Waals surface area contributed by atoms with Crippen LogP contribution in [0.15, 0.2) is 36.4 Å². The summed E-state index contributed by atoms with van der Waals surface area (Å²) in [5, 5.41) is 11.0. The average Bonchev–Trinajstić information content (AvgIpc) is 3.32. The van der Waals surface area contributed by atoms with E-state index in [4.69, 9.17) is 0 Å². The summed E-state index contributed by atoms with van der Waals surface area (Å²) >= 11 is 0. The number of non-ortho nitro benzene ring substituents is 1. The second-order valence-corrected chi connectivity index (χ2v) is 6.94. The zero-order chi connectivity index (χ0) is 15.9. The number of allylic oxidation sites excluding steroid dienone is 2. The van der Waals surface area contributed by atoms with Gasteiger partial charge in [0.1, 0.15) is 0 Å². The van der Waals surface area contributed by atoms with Crippen LogP contribution in [0.1, 0.15) is 6.42 Å². The zero-order valence-corrected chi connectivity index (χ0v) is 12.2. The van der Waals surface area contributed by atoms with E-state index in [9.17, 15) is 19.7 Å². The van der Waals surface area contributed by atoms with Crippen molar-refractivity contribution in [2.24, 2.45) is 35.5 Å². The Hall–Kier alpha value is -2.50. The lowest BCUT2D eigenvalue weighted by Gasteiger charge is -2.37. The lowest BCUT2D eigenvalue weighted by atomic mass is 9.63. The number of rotatable bonds is 2. The van der Waals surface area contributed by atoms with Gasteiger partial charge in [0.25, 0.3) is 5.69 Å². The first kappa shape index (κ1) is 13.0. The first-order chi connectivity index (χ1) is 11.1. The molecule has 0 radical (unpaired) electrons. The number of amides is 2.